The lowest BCUT2D eigenvalue weighted by Gasteiger charge is -2.08. The maximum Gasteiger partial charge on any atom is 0.276 e. The molecule has 0 saturated heterocycles. The molecule has 174 valence electrons. The second-order valence-electron chi connectivity index (χ2n) is 6.75. The number of sulfonamides is 1. The quantitative estimate of drug-likeness (QED) is 0.377. The molecule has 4 rings (SSSR count). The normalized spacial score (nSPS) is 11.1. The van der Waals surface area contributed by atoms with Gasteiger partial charge in [0.1, 0.15) is 11.6 Å². The zero-order chi connectivity index (χ0) is 24.1. The number of carbonyl (C=O) groups is 1. The van der Waals surface area contributed by atoms with Gasteiger partial charge in [-0.2, -0.15) is 5.10 Å². The summed E-state index contributed by atoms with van der Waals surface area (Å²) >= 11 is 5.72. The Morgan fingerprint density at radius 2 is 1.82 bits per heavy atom. The molecule has 0 fully saturated rings. The van der Waals surface area contributed by atoms with Gasteiger partial charge in [0, 0.05) is 30.3 Å². The molecular weight excluding hydrogens is 487 g/mol. The van der Waals surface area contributed by atoms with E-state index in [9.17, 15) is 17.6 Å². The summed E-state index contributed by atoms with van der Waals surface area (Å²) < 4.78 is 47.2. The number of benzene rings is 2. The van der Waals surface area contributed by atoms with Gasteiger partial charge in [0.25, 0.3) is 15.9 Å². The highest BCUT2D eigenvalue weighted by Gasteiger charge is 2.16. The minimum atomic E-state index is -3.89. The SMILES string of the molecule is O=C(Nc1ccc(S(=O)(=O)Nc2ncccn2)cc1)c1ccn(COc2ccc(F)c(Cl)c2)n1. The van der Waals surface area contributed by atoms with Crippen LogP contribution in [0.25, 0.3) is 0 Å². The lowest BCUT2D eigenvalue weighted by atomic mass is 10.3. The van der Waals surface area contributed by atoms with E-state index in [-0.39, 0.29) is 28.3 Å². The van der Waals surface area contributed by atoms with E-state index in [1.807, 2.05) is 0 Å². The summed E-state index contributed by atoms with van der Waals surface area (Å²) in [6.45, 7) is -0.0279. The molecule has 0 saturated carbocycles. The van der Waals surface area contributed by atoms with Crippen LogP contribution in [0, 0.1) is 5.82 Å². The molecule has 2 aromatic heterocycles. The average molecular weight is 503 g/mol. The Bertz CT molecular complexity index is 1410. The van der Waals surface area contributed by atoms with Crippen molar-refractivity contribution in [2.24, 2.45) is 0 Å². The van der Waals surface area contributed by atoms with E-state index in [1.165, 1.54) is 71.8 Å². The number of nitrogens with zero attached hydrogens (tertiary/aromatic N) is 4. The number of anilines is 2. The maximum atomic E-state index is 13.2. The minimum absolute atomic E-state index is 0.0275. The van der Waals surface area contributed by atoms with Crippen LogP contribution in [-0.2, 0) is 16.8 Å². The van der Waals surface area contributed by atoms with Crippen LogP contribution < -0.4 is 14.8 Å². The van der Waals surface area contributed by atoms with Crippen LogP contribution in [0.15, 0.2) is 78.1 Å². The van der Waals surface area contributed by atoms with Crippen molar-refractivity contribution in [2.45, 2.75) is 11.6 Å². The number of aromatic nitrogens is 4. The third kappa shape index (κ3) is 5.66. The van der Waals surface area contributed by atoms with Crippen molar-refractivity contribution in [2.75, 3.05) is 10.0 Å². The fourth-order valence-electron chi connectivity index (χ4n) is 2.71. The maximum absolute atomic E-state index is 13.2. The van der Waals surface area contributed by atoms with Crippen LogP contribution in [0.5, 0.6) is 5.75 Å². The number of hydrogen-bond donors (Lipinski definition) is 2. The van der Waals surface area contributed by atoms with E-state index < -0.39 is 21.7 Å². The summed E-state index contributed by atoms with van der Waals surface area (Å²) in [5, 5.41) is 6.68. The van der Waals surface area contributed by atoms with Gasteiger partial charge in [0.05, 0.1) is 9.92 Å². The van der Waals surface area contributed by atoms with E-state index >= 15 is 0 Å². The van der Waals surface area contributed by atoms with Crippen LogP contribution >= 0.6 is 11.6 Å². The number of hydrogen-bond acceptors (Lipinski definition) is 7. The van der Waals surface area contributed by atoms with Gasteiger partial charge >= 0.3 is 0 Å². The molecule has 2 heterocycles. The first-order valence-electron chi connectivity index (χ1n) is 9.63. The molecule has 2 aromatic carbocycles. The largest absolute Gasteiger partial charge is 0.471 e. The van der Waals surface area contributed by atoms with Crippen molar-refractivity contribution in [1.29, 1.82) is 0 Å². The van der Waals surface area contributed by atoms with Crippen LogP contribution in [0.1, 0.15) is 10.5 Å². The first-order chi connectivity index (χ1) is 16.3. The molecule has 0 spiro atoms. The number of rotatable bonds is 8. The van der Waals surface area contributed by atoms with Gasteiger partial charge in [0.2, 0.25) is 5.95 Å². The van der Waals surface area contributed by atoms with Crippen LogP contribution in [0.4, 0.5) is 16.0 Å². The summed E-state index contributed by atoms with van der Waals surface area (Å²) in [6.07, 6.45) is 4.36. The first kappa shape index (κ1) is 23.1. The molecule has 2 N–H and O–H groups in total. The van der Waals surface area contributed by atoms with Gasteiger partial charge in [-0.3, -0.25) is 4.79 Å². The molecule has 0 unspecified atom stereocenters. The molecule has 0 aliphatic carbocycles. The summed E-state index contributed by atoms with van der Waals surface area (Å²) in [7, 11) is -3.89. The molecule has 0 atom stereocenters. The predicted octanol–water partition coefficient (Wildman–Crippen LogP) is 3.56. The Morgan fingerprint density at radius 1 is 1.09 bits per heavy atom. The zero-order valence-electron chi connectivity index (χ0n) is 17.2. The summed E-state index contributed by atoms with van der Waals surface area (Å²) in [5.41, 5.74) is 0.479. The molecule has 0 bridgehead atoms. The van der Waals surface area contributed by atoms with Crippen molar-refractivity contribution >= 4 is 39.2 Å². The minimum Gasteiger partial charge on any atom is -0.471 e. The van der Waals surface area contributed by atoms with Gasteiger partial charge in [0.15, 0.2) is 12.4 Å². The zero-order valence-corrected chi connectivity index (χ0v) is 18.8. The second-order valence-corrected chi connectivity index (χ2v) is 8.84. The Labute approximate surface area is 198 Å². The fourth-order valence-corrected chi connectivity index (χ4v) is 3.83. The highest BCUT2D eigenvalue weighted by molar-refractivity contribution is 7.92. The van der Waals surface area contributed by atoms with E-state index in [4.69, 9.17) is 16.3 Å². The Morgan fingerprint density at radius 3 is 2.53 bits per heavy atom. The van der Waals surface area contributed by atoms with Crippen molar-refractivity contribution in [3.8, 4) is 5.75 Å². The van der Waals surface area contributed by atoms with E-state index in [2.05, 4.69) is 25.1 Å². The third-order valence-corrected chi connectivity index (χ3v) is 5.98. The average Bonchev–Trinajstić information content (AvgIpc) is 3.30. The van der Waals surface area contributed by atoms with E-state index in [0.29, 0.717) is 11.4 Å². The molecule has 13 heteroatoms. The van der Waals surface area contributed by atoms with E-state index in [0.717, 1.165) is 0 Å². The van der Waals surface area contributed by atoms with Gasteiger partial charge in [-0.25, -0.2) is 32.2 Å². The molecule has 0 aliphatic heterocycles. The Hall–Kier alpha value is -4.03. The fraction of sp³-hybridized carbons (Fsp3) is 0.0476. The molecule has 0 aliphatic rings. The summed E-state index contributed by atoms with van der Waals surface area (Å²) in [6, 6.07) is 12.5. The number of amides is 1. The van der Waals surface area contributed by atoms with Gasteiger partial charge < -0.3 is 10.1 Å². The van der Waals surface area contributed by atoms with Gasteiger partial charge in [-0.05, 0) is 48.5 Å². The number of carbonyl (C=O) groups excluding carboxylic acids is 1. The lowest BCUT2D eigenvalue weighted by Crippen LogP contribution is -2.16. The number of ether oxygens (including phenoxy) is 1. The summed E-state index contributed by atoms with van der Waals surface area (Å²) in [5.74, 6) is -0.771. The van der Waals surface area contributed by atoms with Crippen molar-refractivity contribution < 1.29 is 22.3 Å². The molecule has 34 heavy (non-hydrogen) atoms. The van der Waals surface area contributed by atoms with Crippen molar-refractivity contribution in [3.63, 3.8) is 0 Å². The van der Waals surface area contributed by atoms with Crippen LogP contribution in [0.2, 0.25) is 5.02 Å². The third-order valence-electron chi connectivity index (χ3n) is 4.34. The molecule has 1 amide bonds. The number of nitrogens with one attached hydrogen (secondary N) is 2. The Kier molecular flexibility index (Phi) is 6.70. The highest BCUT2D eigenvalue weighted by atomic mass is 35.5. The molecule has 4 aromatic rings. The van der Waals surface area contributed by atoms with Crippen molar-refractivity contribution in [3.05, 3.63) is 89.7 Å². The Balaban J connectivity index is 1.35. The van der Waals surface area contributed by atoms with Crippen molar-refractivity contribution in [1.82, 2.24) is 19.7 Å². The predicted molar refractivity (Wildman–Crippen MR) is 122 cm³/mol. The van der Waals surface area contributed by atoms with Crippen LogP contribution in [-0.4, -0.2) is 34.1 Å². The van der Waals surface area contributed by atoms with E-state index in [1.54, 1.807) is 6.07 Å². The summed E-state index contributed by atoms with van der Waals surface area (Å²) in [4.78, 5) is 20.1. The smallest absolute Gasteiger partial charge is 0.276 e. The lowest BCUT2D eigenvalue weighted by molar-refractivity contribution is 0.102. The second kappa shape index (κ2) is 9.85. The molecule has 10 nitrogen and oxygen atoms in total. The highest BCUT2D eigenvalue weighted by Crippen LogP contribution is 2.21. The molecule has 0 radical (unpaired) electrons. The van der Waals surface area contributed by atoms with Gasteiger partial charge in [-0.15, -0.1) is 0 Å². The topological polar surface area (TPSA) is 128 Å². The van der Waals surface area contributed by atoms with Gasteiger partial charge in [-0.1, -0.05) is 11.6 Å². The first-order valence-corrected chi connectivity index (χ1v) is 11.5. The standard InChI is InChI=1S/C21H16ClFN6O4S/c22-17-12-15(4-7-18(17)23)33-13-29-11-8-19(27-29)20(30)26-14-2-5-16(6-3-14)34(31,32)28-21-24-9-1-10-25-21/h1-12H,13H2,(H,26,30)(H,24,25,28). The molecular formula is C21H16ClFN6O4S. The number of halogens is 2. The monoisotopic (exact) mass is 502 g/mol. The van der Waals surface area contributed by atoms with Crippen LogP contribution in [0.3, 0.4) is 0 Å².